The standard InChI is InChI=1S/C26H33N5O2/c1-19-4-9-24(33-3)14-21(19)17-31-25(32)30(18-26(31)10-12-29(2)13-11-26)23-7-5-20(6-8-23)22-15-27-28-16-22/h4-9,14-16,19,21H,10-13,17-18H2,1-3H3,(H,27,28). The molecule has 2 amide bonds. The van der Waals surface area contributed by atoms with Crippen molar-refractivity contribution in [1.29, 1.82) is 0 Å². The molecule has 1 N–H and O–H groups in total. The van der Waals surface area contributed by atoms with Gasteiger partial charge < -0.3 is 14.5 Å². The van der Waals surface area contributed by atoms with Gasteiger partial charge in [0.25, 0.3) is 0 Å². The van der Waals surface area contributed by atoms with Gasteiger partial charge in [0.1, 0.15) is 5.76 Å². The van der Waals surface area contributed by atoms with Crippen LogP contribution in [0.2, 0.25) is 0 Å². The zero-order chi connectivity index (χ0) is 23.0. The highest BCUT2D eigenvalue weighted by molar-refractivity contribution is 5.95. The Morgan fingerprint density at radius 1 is 1.18 bits per heavy atom. The molecular weight excluding hydrogens is 414 g/mol. The number of hydrogen-bond acceptors (Lipinski definition) is 4. The molecule has 0 saturated carbocycles. The van der Waals surface area contributed by atoms with Crippen LogP contribution in [0.25, 0.3) is 11.1 Å². The number of nitrogens with one attached hydrogen (secondary N) is 1. The molecule has 174 valence electrons. The lowest BCUT2D eigenvalue weighted by molar-refractivity contribution is 0.0769. The van der Waals surface area contributed by atoms with Crippen LogP contribution in [0.1, 0.15) is 19.8 Å². The highest BCUT2D eigenvalue weighted by Crippen LogP contribution is 2.40. The maximum Gasteiger partial charge on any atom is 0.325 e. The van der Waals surface area contributed by atoms with Gasteiger partial charge in [-0.3, -0.25) is 10.00 Å². The Labute approximate surface area is 195 Å². The van der Waals surface area contributed by atoms with Crippen LogP contribution in [0.5, 0.6) is 0 Å². The number of rotatable bonds is 5. The first-order chi connectivity index (χ1) is 16.0. The summed E-state index contributed by atoms with van der Waals surface area (Å²) in [4.78, 5) is 20.4. The van der Waals surface area contributed by atoms with Crippen molar-refractivity contribution >= 4 is 11.7 Å². The molecule has 3 aliphatic rings. The Balaban J connectivity index is 1.42. The van der Waals surface area contributed by atoms with Gasteiger partial charge in [-0.25, -0.2) is 4.79 Å². The Morgan fingerprint density at radius 2 is 1.94 bits per heavy atom. The summed E-state index contributed by atoms with van der Waals surface area (Å²) in [7, 11) is 3.87. The number of nitrogens with zero attached hydrogens (tertiary/aromatic N) is 4. The maximum atomic E-state index is 13.9. The van der Waals surface area contributed by atoms with Crippen LogP contribution in [0.4, 0.5) is 10.5 Å². The topological polar surface area (TPSA) is 64.7 Å². The number of aromatic amines is 1. The van der Waals surface area contributed by atoms with Gasteiger partial charge in [-0.2, -0.15) is 5.10 Å². The van der Waals surface area contributed by atoms with Gasteiger partial charge in [0, 0.05) is 43.0 Å². The van der Waals surface area contributed by atoms with Gasteiger partial charge in [0.05, 0.1) is 25.4 Å². The minimum absolute atomic E-state index is 0.115. The molecule has 7 heteroatoms. The molecule has 5 rings (SSSR count). The molecule has 2 aromatic rings. The van der Waals surface area contributed by atoms with Crippen molar-refractivity contribution in [1.82, 2.24) is 20.0 Å². The summed E-state index contributed by atoms with van der Waals surface area (Å²) in [6, 6.07) is 8.37. The Kier molecular flexibility index (Phi) is 5.74. The molecular formula is C26H33N5O2. The summed E-state index contributed by atoms with van der Waals surface area (Å²) in [5.74, 6) is 1.49. The minimum Gasteiger partial charge on any atom is -0.497 e. The number of benzene rings is 1. The van der Waals surface area contributed by atoms with Gasteiger partial charge in [0.2, 0.25) is 0 Å². The van der Waals surface area contributed by atoms with Crippen molar-refractivity contribution < 1.29 is 9.53 Å². The van der Waals surface area contributed by atoms with Gasteiger partial charge in [-0.1, -0.05) is 25.1 Å². The van der Waals surface area contributed by atoms with E-state index in [4.69, 9.17) is 4.74 Å². The number of H-pyrrole nitrogens is 1. The second-order valence-corrected chi connectivity index (χ2v) is 9.70. The summed E-state index contributed by atoms with van der Waals surface area (Å²) in [5.41, 5.74) is 2.96. The fourth-order valence-electron chi connectivity index (χ4n) is 5.35. The van der Waals surface area contributed by atoms with Crippen molar-refractivity contribution in [3.63, 3.8) is 0 Å². The predicted molar refractivity (Wildman–Crippen MR) is 130 cm³/mol. The van der Waals surface area contributed by atoms with E-state index in [-0.39, 0.29) is 17.5 Å². The van der Waals surface area contributed by atoms with Gasteiger partial charge in [-0.05, 0) is 55.7 Å². The maximum absolute atomic E-state index is 13.9. The van der Waals surface area contributed by atoms with Crippen LogP contribution in [-0.4, -0.2) is 71.9 Å². The molecule has 2 aliphatic heterocycles. The van der Waals surface area contributed by atoms with Crippen LogP contribution in [0.3, 0.4) is 0 Å². The molecule has 33 heavy (non-hydrogen) atoms. The zero-order valence-corrected chi connectivity index (χ0v) is 19.7. The lowest BCUT2D eigenvalue weighted by Crippen LogP contribution is -2.55. The minimum atomic E-state index is -0.130. The number of ether oxygens (including phenoxy) is 1. The first kappa shape index (κ1) is 21.8. The number of amides is 2. The highest BCUT2D eigenvalue weighted by Gasteiger charge is 2.51. The number of allylic oxidation sites excluding steroid dienone is 2. The molecule has 2 unspecified atom stereocenters. The summed E-state index contributed by atoms with van der Waals surface area (Å²) in [6.07, 6.45) is 12.1. The largest absolute Gasteiger partial charge is 0.497 e. The number of carbonyl (C=O) groups excluding carboxylic acids is 1. The molecule has 1 aromatic heterocycles. The monoisotopic (exact) mass is 447 g/mol. The van der Waals surface area contributed by atoms with Gasteiger partial charge >= 0.3 is 6.03 Å². The Bertz CT molecular complexity index is 1040. The van der Waals surface area contributed by atoms with Crippen molar-refractivity contribution in [2.45, 2.75) is 25.3 Å². The summed E-state index contributed by atoms with van der Waals surface area (Å²) in [6.45, 7) is 5.69. The predicted octanol–water partition coefficient (Wildman–Crippen LogP) is 4.14. The van der Waals surface area contributed by atoms with E-state index in [1.54, 1.807) is 7.11 Å². The smallest absolute Gasteiger partial charge is 0.325 e. The summed E-state index contributed by atoms with van der Waals surface area (Å²) in [5, 5.41) is 6.90. The third kappa shape index (κ3) is 4.06. The van der Waals surface area contributed by atoms with Gasteiger partial charge in [0.15, 0.2) is 0 Å². The quantitative estimate of drug-likeness (QED) is 0.748. The van der Waals surface area contributed by atoms with Crippen molar-refractivity contribution in [3.05, 3.63) is 60.6 Å². The van der Waals surface area contributed by atoms with Crippen LogP contribution in [0.15, 0.2) is 60.6 Å². The second-order valence-electron chi connectivity index (χ2n) is 9.70. The molecule has 2 saturated heterocycles. The van der Waals surface area contributed by atoms with E-state index < -0.39 is 0 Å². The first-order valence-corrected chi connectivity index (χ1v) is 11.8. The zero-order valence-electron chi connectivity index (χ0n) is 19.7. The van der Waals surface area contributed by atoms with E-state index in [9.17, 15) is 4.79 Å². The van der Waals surface area contributed by atoms with E-state index in [1.165, 1.54) is 0 Å². The molecule has 3 heterocycles. The molecule has 1 aliphatic carbocycles. The van der Waals surface area contributed by atoms with Crippen molar-refractivity contribution in [2.24, 2.45) is 11.8 Å². The van der Waals surface area contributed by atoms with E-state index >= 15 is 0 Å². The number of hydrogen-bond donors (Lipinski definition) is 1. The summed E-state index contributed by atoms with van der Waals surface area (Å²) < 4.78 is 5.49. The average molecular weight is 448 g/mol. The SMILES string of the molecule is COC1=CC(CN2C(=O)N(c3ccc(-c4cn[nH]c4)cc3)CC23CCN(C)CC3)C(C)C=C1. The fraction of sp³-hybridized carbons (Fsp3) is 0.462. The fourth-order valence-corrected chi connectivity index (χ4v) is 5.35. The average Bonchev–Trinajstić information content (AvgIpc) is 3.46. The Morgan fingerprint density at radius 3 is 2.61 bits per heavy atom. The Hall–Kier alpha value is -3.06. The van der Waals surface area contributed by atoms with E-state index in [0.717, 1.165) is 55.0 Å². The normalized spacial score (nSPS) is 25.1. The molecule has 7 nitrogen and oxygen atoms in total. The number of carbonyl (C=O) groups is 1. The molecule has 2 atom stereocenters. The lowest BCUT2D eigenvalue weighted by Gasteiger charge is -2.44. The van der Waals surface area contributed by atoms with E-state index in [0.29, 0.717) is 12.5 Å². The number of piperidine rings is 1. The number of likely N-dealkylation sites (tertiary alicyclic amines) is 1. The van der Waals surface area contributed by atoms with Crippen LogP contribution >= 0.6 is 0 Å². The highest BCUT2D eigenvalue weighted by atomic mass is 16.5. The van der Waals surface area contributed by atoms with Crippen LogP contribution in [-0.2, 0) is 4.74 Å². The number of urea groups is 1. The van der Waals surface area contributed by atoms with Crippen molar-refractivity contribution in [2.75, 3.05) is 45.2 Å². The van der Waals surface area contributed by atoms with E-state index in [2.05, 4.69) is 70.4 Å². The lowest BCUT2D eigenvalue weighted by atomic mass is 9.83. The molecule has 0 radical (unpaired) electrons. The molecule has 2 fully saturated rings. The van der Waals surface area contributed by atoms with E-state index in [1.807, 2.05) is 23.4 Å². The third-order valence-electron chi connectivity index (χ3n) is 7.66. The summed E-state index contributed by atoms with van der Waals surface area (Å²) >= 11 is 0. The van der Waals surface area contributed by atoms with Gasteiger partial charge in [-0.15, -0.1) is 0 Å². The second kappa shape index (κ2) is 8.71. The van der Waals surface area contributed by atoms with Crippen molar-refractivity contribution in [3.8, 4) is 11.1 Å². The number of anilines is 1. The molecule has 1 aromatic carbocycles. The number of aromatic nitrogens is 2. The third-order valence-corrected chi connectivity index (χ3v) is 7.66. The molecule has 0 bridgehead atoms. The van der Waals surface area contributed by atoms with Crippen LogP contribution < -0.4 is 4.90 Å². The molecule has 1 spiro atoms. The van der Waals surface area contributed by atoms with Crippen LogP contribution in [0, 0.1) is 11.8 Å². The first-order valence-electron chi connectivity index (χ1n) is 11.8. The number of methoxy groups -OCH3 is 1.